The van der Waals surface area contributed by atoms with Gasteiger partial charge in [-0.3, -0.25) is 4.79 Å². The van der Waals surface area contributed by atoms with Gasteiger partial charge in [0.1, 0.15) is 5.76 Å². The van der Waals surface area contributed by atoms with Gasteiger partial charge in [0, 0.05) is 12.0 Å². The number of carbonyl (C=O) groups is 1. The van der Waals surface area contributed by atoms with Crippen molar-refractivity contribution in [2.75, 3.05) is 5.32 Å². The lowest BCUT2D eigenvalue weighted by molar-refractivity contribution is 0.101. The number of halogens is 2. The van der Waals surface area contributed by atoms with Gasteiger partial charge < -0.3 is 9.84 Å². The maximum absolute atomic E-state index is 12.7. The number of hydrogen-bond acceptors (Lipinski definition) is 3. The lowest BCUT2D eigenvalue weighted by Crippen LogP contribution is -2.27. The highest BCUT2D eigenvalue weighted by Crippen LogP contribution is 2.38. The molecular formula is C18H20Cl2N2O2. The first-order valence-electron chi connectivity index (χ1n) is 8.00. The van der Waals surface area contributed by atoms with Crippen LogP contribution in [0.2, 0.25) is 10.0 Å². The van der Waals surface area contributed by atoms with Crippen LogP contribution in [0.3, 0.4) is 0 Å². The number of aromatic nitrogens is 1. The van der Waals surface area contributed by atoms with Crippen LogP contribution in [-0.4, -0.2) is 11.1 Å². The molecule has 0 aliphatic heterocycles. The molecule has 128 valence electrons. The van der Waals surface area contributed by atoms with E-state index in [0.717, 1.165) is 30.6 Å². The minimum Gasteiger partial charge on any atom is -0.360 e. The van der Waals surface area contributed by atoms with Crippen LogP contribution in [0.15, 0.2) is 22.7 Å². The van der Waals surface area contributed by atoms with Gasteiger partial charge in [0.05, 0.1) is 15.7 Å². The van der Waals surface area contributed by atoms with E-state index in [1.807, 2.05) is 0 Å². The molecule has 1 aromatic carbocycles. The number of hydrogen-bond donors (Lipinski definition) is 1. The van der Waals surface area contributed by atoms with Crippen LogP contribution in [0.1, 0.15) is 49.0 Å². The molecule has 1 unspecified atom stereocenters. The number of nitrogens with zero attached hydrogens (tertiary/aromatic N) is 1. The predicted molar refractivity (Wildman–Crippen MR) is 95.9 cm³/mol. The number of rotatable bonds is 2. The topological polar surface area (TPSA) is 55.1 Å². The third-order valence-corrected chi connectivity index (χ3v) is 5.31. The minimum absolute atomic E-state index is 0.175. The van der Waals surface area contributed by atoms with Crippen molar-refractivity contribution in [2.45, 2.75) is 40.0 Å². The van der Waals surface area contributed by atoms with Crippen LogP contribution < -0.4 is 5.32 Å². The maximum atomic E-state index is 12.7. The second kappa shape index (κ2) is 6.41. The van der Waals surface area contributed by atoms with E-state index in [1.54, 1.807) is 18.2 Å². The zero-order valence-electron chi connectivity index (χ0n) is 14.0. The number of amides is 1. The van der Waals surface area contributed by atoms with E-state index >= 15 is 0 Å². The van der Waals surface area contributed by atoms with Crippen LogP contribution >= 0.6 is 23.2 Å². The van der Waals surface area contributed by atoms with Gasteiger partial charge in [0.15, 0.2) is 5.69 Å². The van der Waals surface area contributed by atoms with Crippen molar-refractivity contribution in [1.82, 2.24) is 5.16 Å². The summed E-state index contributed by atoms with van der Waals surface area (Å²) in [6.45, 7) is 6.66. The molecule has 6 heteroatoms. The molecule has 1 N–H and O–H groups in total. The number of para-hydroxylation sites is 1. The Kier molecular flexibility index (Phi) is 4.63. The SMILES string of the molecule is CC(C)(C)C1CCc2onc(C(=O)Nc3c(Cl)cccc3Cl)c2C1. The average Bonchev–Trinajstić information content (AvgIpc) is 2.93. The van der Waals surface area contributed by atoms with E-state index in [4.69, 9.17) is 27.7 Å². The Morgan fingerprint density at radius 1 is 1.29 bits per heavy atom. The molecular weight excluding hydrogens is 347 g/mol. The summed E-state index contributed by atoms with van der Waals surface area (Å²) in [6.07, 6.45) is 2.65. The summed E-state index contributed by atoms with van der Waals surface area (Å²) in [4.78, 5) is 12.7. The molecule has 1 amide bonds. The van der Waals surface area contributed by atoms with Crippen LogP contribution in [0, 0.1) is 11.3 Å². The van der Waals surface area contributed by atoms with E-state index in [0.29, 0.717) is 27.3 Å². The van der Waals surface area contributed by atoms with Crippen molar-refractivity contribution >= 4 is 34.8 Å². The van der Waals surface area contributed by atoms with Crippen molar-refractivity contribution in [3.63, 3.8) is 0 Å². The average molecular weight is 367 g/mol. The van der Waals surface area contributed by atoms with Crippen LogP contribution in [0.4, 0.5) is 5.69 Å². The van der Waals surface area contributed by atoms with Gasteiger partial charge in [-0.1, -0.05) is 55.2 Å². The molecule has 1 aliphatic carbocycles. The van der Waals surface area contributed by atoms with Gasteiger partial charge in [0.2, 0.25) is 0 Å². The van der Waals surface area contributed by atoms with Gasteiger partial charge in [0.25, 0.3) is 5.91 Å². The summed E-state index contributed by atoms with van der Waals surface area (Å²) in [5.74, 6) is 0.954. The van der Waals surface area contributed by atoms with Gasteiger partial charge >= 0.3 is 0 Å². The first-order valence-corrected chi connectivity index (χ1v) is 8.75. The van der Waals surface area contributed by atoms with Gasteiger partial charge in [-0.15, -0.1) is 0 Å². The van der Waals surface area contributed by atoms with Crippen molar-refractivity contribution in [2.24, 2.45) is 11.3 Å². The number of aryl methyl sites for hydroxylation is 1. The van der Waals surface area contributed by atoms with E-state index in [-0.39, 0.29) is 11.3 Å². The minimum atomic E-state index is -0.343. The van der Waals surface area contributed by atoms with Gasteiger partial charge in [-0.25, -0.2) is 0 Å². The third kappa shape index (κ3) is 3.31. The highest BCUT2D eigenvalue weighted by molar-refractivity contribution is 6.40. The summed E-state index contributed by atoms with van der Waals surface area (Å²) in [5.41, 5.74) is 1.80. The molecule has 24 heavy (non-hydrogen) atoms. The monoisotopic (exact) mass is 366 g/mol. The highest BCUT2D eigenvalue weighted by Gasteiger charge is 2.34. The standard InChI is InChI=1S/C18H20Cl2N2O2/c1-18(2,3)10-7-8-14-11(9-10)15(22-24-14)17(23)21-16-12(19)5-4-6-13(16)20/h4-6,10H,7-9H2,1-3H3,(H,21,23). The molecule has 0 bridgehead atoms. The van der Waals surface area contributed by atoms with Crippen molar-refractivity contribution < 1.29 is 9.32 Å². The first-order chi connectivity index (χ1) is 11.3. The second-order valence-corrected chi connectivity index (χ2v) is 8.10. The molecule has 4 nitrogen and oxygen atoms in total. The van der Waals surface area contributed by atoms with Crippen LogP contribution in [0.25, 0.3) is 0 Å². The van der Waals surface area contributed by atoms with E-state index in [9.17, 15) is 4.79 Å². The largest absolute Gasteiger partial charge is 0.360 e. The predicted octanol–water partition coefficient (Wildman–Crippen LogP) is 5.38. The Hall–Kier alpha value is -1.52. The van der Waals surface area contributed by atoms with E-state index in [1.165, 1.54) is 0 Å². The Morgan fingerprint density at radius 2 is 1.96 bits per heavy atom. The number of carbonyl (C=O) groups excluding carboxylic acids is 1. The molecule has 3 rings (SSSR count). The molecule has 1 aromatic heterocycles. The number of anilines is 1. The fraction of sp³-hybridized carbons (Fsp3) is 0.444. The lowest BCUT2D eigenvalue weighted by atomic mass is 9.71. The van der Waals surface area contributed by atoms with E-state index in [2.05, 4.69) is 31.2 Å². The Balaban J connectivity index is 1.87. The fourth-order valence-electron chi connectivity index (χ4n) is 3.11. The molecule has 2 aromatic rings. The molecule has 0 radical (unpaired) electrons. The van der Waals surface area contributed by atoms with E-state index < -0.39 is 0 Å². The number of nitrogens with one attached hydrogen (secondary N) is 1. The molecule has 0 saturated carbocycles. The zero-order chi connectivity index (χ0) is 17.5. The molecule has 1 atom stereocenters. The molecule has 0 spiro atoms. The maximum Gasteiger partial charge on any atom is 0.278 e. The second-order valence-electron chi connectivity index (χ2n) is 7.29. The quantitative estimate of drug-likeness (QED) is 0.775. The summed E-state index contributed by atoms with van der Waals surface area (Å²) in [5, 5.41) is 7.54. The number of fused-ring (bicyclic) bond motifs is 1. The summed E-state index contributed by atoms with van der Waals surface area (Å²) >= 11 is 12.2. The Morgan fingerprint density at radius 3 is 2.58 bits per heavy atom. The van der Waals surface area contributed by atoms with Crippen molar-refractivity contribution in [3.8, 4) is 0 Å². The molecule has 0 saturated heterocycles. The molecule has 0 fully saturated rings. The highest BCUT2D eigenvalue weighted by atomic mass is 35.5. The Bertz CT molecular complexity index is 758. The molecule has 1 aliphatic rings. The lowest BCUT2D eigenvalue weighted by Gasteiger charge is -2.33. The zero-order valence-corrected chi connectivity index (χ0v) is 15.5. The van der Waals surface area contributed by atoms with Gasteiger partial charge in [-0.05, 0) is 36.3 Å². The van der Waals surface area contributed by atoms with Gasteiger partial charge in [-0.2, -0.15) is 0 Å². The van der Waals surface area contributed by atoms with Crippen LogP contribution in [0.5, 0.6) is 0 Å². The smallest absolute Gasteiger partial charge is 0.278 e. The van der Waals surface area contributed by atoms with Crippen molar-refractivity contribution in [3.05, 3.63) is 45.3 Å². The third-order valence-electron chi connectivity index (χ3n) is 4.68. The van der Waals surface area contributed by atoms with Crippen LogP contribution in [-0.2, 0) is 12.8 Å². The Labute approximate surface area is 151 Å². The molecule has 1 heterocycles. The first kappa shape index (κ1) is 17.3. The number of benzene rings is 1. The summed E-state index contributed by atoms with van der Waals surface area (Å²) in [6, 6.07) is 5.08. The normalized spacial score (nSPS) is 17.5. The summed E-state index contributed by atoms with van der Waals surface area (Å²) < 4.78 is 5.39. The summed E-state index contributed by atoms with van der Waals surface area (Å²) in [7, 11) is 0. The van der Waals surface area contributed by atoms with Crippen molar-refractivity contribution in [1.29, 1.82) is 0 Å². The fourth-order valence-corrected chi connectivity index (χ4v) is 3.60.